The number of hydrogen-bond donors (Lipinski definition) is 1. The maximum Gasteiger partial charge on any atom is 0.303 e. The highest BCUT2D eigenvalue weighted by molar-refractivity contribution is 5.66. The Morgan fingerprint density at radius 2 is 2.27 bits per heavy atom. The number of rotatable bonds is 5. The van der Waals surface area contributed by atoms with Gasteiger partial charge in [-0.05, 0) is 32.9 Å². The highest BCUT2D eigenvalue weighted by Crippen LogP contribution is 2.25. The lowest BCUT2D eigenvalue weighted by molar-refractivity contribution is -0.137. The molecule has 1 aliphatic rings. The molecule has 11 heavy (non-hydrogen) atoms. The lowest BCUT2D eigenvalue weighted by Crippen LogP contribution is -2.22. The number of hydrogen-bond acceptors (Lipinski definition) is 2. The van der Waals surface area contributed by atoms with Crippen LogP contribution in [0.5, 0.6) is 0 Å². The van der Waals surface area contributed by atoms with E-state index in [0.29, 0.717) is 6.42 Å². The number of carbonyl (C=O) groups is 1. The standard InChI is InChI=1S/C8H15NO2/c1-9(7-4-5-7)6-2-3-8(10)11/h7H,2-6H2,1H3,(H,10,11). The Labute approximate surface area is 67.0 Å². The Balaban J connectivity index is 1.97. The average molecular weight is 157 g/mol. The molecule has 3 nitrogen and oxygen atoms in total. The Morgan fingerprint density at radius 3 is 2.73 bits per heavy atom. The van der Waals surface area contributed by atoms with E-state index in [-0.39, 0.29) is 0 Å². The van der Waals surface area contributed by atoms with E-state index in [4.69, 9.17) is 5.11 Å². The van der Waals surface area contributed by atoms with E-state index in [9.17, 15) is 4.79 Å². The maximum atomic E-state index is 10.1. The first-order valence-electron chi connectivity index (χ1n) is 4.12. The summed E-state index contributed by atoms with van der Waals surface area (Å²) in [5.41, 5.74) is 0. The predicted molar refractivity (Wildman–Crippen MR) is 42.5 cm³/mol. The van der Waals surface area contributed by atoms with Crippen LogP contribution in [0.3, 0.4) is 0 Å². The third-order valence-electron chi connectivity index (χ3n) is 2.07. The smallest absolute Gasteiger partial charge is 0.303 e. The fourth-order valence-corrected chi connectivity index (χ4v) is 1.18. The molecule has 0 saturated heterocycles. The zero-order valence-corrected chi connectivity index (χ0v) is 6.92. The van der Waals surface area contributed by atoms with Crippen LogP contribution in [0.4, 0.5) is 0 Å². The molecule has 1 N–H and O–H groups in total. The van der Waals surface area contributed by atoms with Gasteiger partial charge in [0.25, 0.3) is 0 Å². The van der Waals surface area contributed by atoms with Gasteiger partial charge in [-0.3, -0.25) is 4.79 Å². The van der Waals surface area contributed by atoms with Crippen LogP contribution in [0.2, 0.25) is 0 Å². The van der Waals surface area contributed by atoms with Crippen molar-refractivity contribution in [1.29, 1.82) is 0 Å². The SMILES string of the molecule is CN(CCCC(=O)O)C1CC1. The fourth-order valence-electron chi connectivity index (χ4n) is 1.18. The van der Waals surface area contributed by atoms with Crippen molar-refractivity contribution in [2.45, 2.75) is 31.7 Å². The quantitative estimate of drug-likeness (QED) is 0.645. The van der Waals surface area contributed by atoms with Crippen molar-refractivity contribution in [3.05, 3.63) is 0 Å². The minimum Gasteiger partial charge on any atom is -0.481 e. The van der Waals surface area contributed by atoms with E-state index in [1.165, 1.54) is 12.8 Å². The van der Waals surface area contributed by atoms with Crippen LogP contribution in [0.25, 0.3) is 0 Å². The molecular weight excluding hydrogens is 142 g/mol. The molecule has 64 valence electrons. The van der Waals surface area contributed by atoms with Gasteiger partial charge in [-0.25, -0.2) is 0 Å². The van der Waals surface area contributed by atoms with Crippen LogP contribution >= 0.6 is 0 Å². The van der Waals surface area contributed by atoms with Gasteiger partial charge in [-0.1, -0.05) is 0 Å². The molecule has 0 spiro atoms. The summed E-state index contributed by atoms with van der Waals surface area (Å²) in [6, 6.07) is 0.754. The predicted octanol–water partition coefficient (Wildman–Crippen LogP) is 0.945. The van der Waals surface area contributed by atoms with Crippen molar-refractivity contribution in [2.75, 3.05) is 13.6 Å². The number of carboxylic acid groups (broad SMARTS) is 1. The summed E-state index contributed by atoms with van der Waals surface area (Å²) in [6.07, 6.45) is 3.67. The molecule has 0 aliphatic heterocycles. The molecule has 0 aromatic rings. The van der Waals surface area contributed by atoms with Crippen molar-refractivity contribution >= 4 is 5.97 Å². The normalized spacial score (nSPS) is 17.3. The van der Waals surface area contributed by atoms with Gasteiger partial charge >= 0.3 is 5.97 Å². The molecule has 0 aromatic carbocycles. The minimum absolute atomic E-state index is 0.303. The molecular formula is C8H15NO2. The second-order valence-electron chi connectivity index (χ2n) is 3.21. The molecule has 0 radical (unpaired) electrons. The Bertz CT molecular complexity index is 143. The first-order valence-corrected chi connectivity index (χ1v) is 4.12. The number of aliphatic carboxylic acids is 1. The second kappa shape index (κ2) is 3.72. The van der Waals surface area contributed by atoms with Gasteiger partial charge in [-0.2, -0.15) is 0 Å². The minimum atomic E-state index is -0.686. The summed E-state index contributed by atoms with van der Waals surface area (Å²) >= 11 is 0. The van der Waals surface area contributed by atoms with Gasteiger partial charge in [-0.15, -0.1) is 0 Å². The number of nitrogens with zero attached hydrogens (tertiary/aromatic N) is 1. The third kappa shape index (κ3) is 3.37. The lowest BCUT2D eigenvalue weighted by Gasteiger charge is -2.13. The zero-order chi connectivity index (χ0) is 8.27. The molecule has 1 aliphatic carbocycles. The highest BCUT2D eigenvalue weighted by Gasteiger charge is 2.25. The molecule has 1 fully saturated rings. The van der Waals surface area contributed by atoms with Crippen LogP contribution < -0.4 is 0 Å². The van der Waals surface area contributed by atoms with E-state index in [1.807, 2.05) is 0 Å². The van der Waals surface area contributed by atoms with Crippen LogP contribution in [-0.2, 0) is 4.79 Å². The molecule has 0 aromatic heterocycles. The first kappa shape index (κ1) is 8.53. The van der Waals surface area contributed by atoms with E-state index in [0.717, 1.165) is 19.0 Å². The van der Waals surface area contributed by atoms with Crippen molar-refractivity contribution in [1.82, 2.24) is 4.90 Å². The summed E-state index contributed by atoms with van der Waals surface area (Å²) in [5.74, 6) is -0.686. The molecule has 0 atom stereocenters. The van der Waals surface area contributed by atoms with Crippen LogP contribution in [0, 0.1) is 0 Å². The largest absolute Gasteiger partial charge is 0.481 e. The molecule has 0 unspecified atom stereocenters. The summed E-state index contributed by atoms with van der Waals surface area (Å²) in [4.78, 5) is 12.4. The average Bonchev–Trinajstić information content (AvgIpc) is 2.66. The Kier molecular flexibility index (Phi) is 2.88. The van der Waals surface area contributed by atoms with E-state index >= 15 is 0 Å². The van der Waals surface area contributed by atoms with Gasteiger partial charge in [0.15, 0.2) is 0 Å². The molecule has 0 heterocycles. The monoisotopic (exact) mass is 157 g/mol. The molecule has 1 saturated carbocycles. The van der Waals surface area contributed by atoms with Crippen LogP contribution in [0.15, 0.2) is 0 Å². The second-order valence-corrected chi connectivity index (χ2v) is 3.21. The summed E-state index contributed by atoms with van der Waals surface area (Å²) in [6.45, 7) is 0.928. The Morgan fingerprint density at radius 1 is 1.64 bits per heavy atom. The van der Waals surface area contributed by atoms with Gasteiger partial charge in [0.1, 0.15) is 0 Å². The lowest BCUT2D eigenvalue weighted by atomic mass is 10.3. The topological polar surface area (TPSA) is 40.5 Å². The summed E-state index contributed by atoms with van der Waals surface area (Å²) in [5, 5.41) is 8.36. The molecule has 0 bridgehead atoms. The van der Waals surface area contributed by atoms with Gasteiger partial charge in [0.05, 0.1) is 0 Å². The molecule has 1 rings (SSSR count). The van der Waals surface area contributed by atoms with E-state index in [1.54, 1.807) is 0 Å². The van der Waals surface area contributed by atoms with Crippen LogP contribution in [0.1, 0.15) is 25.7 Å². The van der Waals surface area contributed by atoms with Crippen molar-refractivity contribution in [3.63, 3.8) is 0 Å². The van der Waals surface area contributed by atoms with Crippen molar-refractivity contribution in [3.8, 4) is 0 Å². The zero-order valence-electron chi connectivity index (χ0n) is 6.92. The van der Waals surface area contributed by atoms with Crippen molar-refractivity contribution in [2.24, 2.45) is 0 Å². The Hall–Kier alpha value is -0.570. The van der Waals surface area contributed by atoms with Crippen molar-refractivity contribution < 1.29 is 9.90 Å². The highest BCUT2D eigenvalue weighted by atomic mass is 16.4. The van der Waals surface area contributed by atoms with Gasteiger partial charge < -0.3 is 10.0 Å². The third-order valence-corrected chi connectivity index (χ3v) is 2.07. The number of carboxylic acids is 1. The summed E-state index contributed by atoms with van der Waals surface area (Å²) < 4.78 is 0. The van der Waals surface area contributed by atoms with Crippen LogP contribution in [-0.4, -0.2) is 35.6 Å². The van der Waals surface area contributed by atoms with E-state index < -0.39 is 5.97 Å². The first-order chi connectivity index (χ1) is 5.20. The fraction of sp³-hybridized carbons (Fsp3) is 0.875. The summed E-state index contributed by atoms with van der Waals surface area (Å²) in [7, 11) is 2.07. The van der Waals surface area contributed by atoms with Gasteiger partial charge in [0, 0.05) is 12.5 Å². The van der Waals surface area contributed by atoms with Gasteiger partial charge in [0.2, 0.25) is 0 Å². The molecule has 3 heteroatoms. The molecule has 0 amide bonds. The van der Waals surface area contributed by atoms with E-state index in [2.05, 4.69) is 11.9 Å². The maximum absolute atomic E-state index is 10.1.